The number of amides is 1. The summed E-state index contributed by atoms with van der Waals surface area (Å²) in [6.45, 7) is 0.522. The van der Waals surface area contributed by atoms with E-state index in [1.807, 2.05) is 54.6 Å². The number of hydrogen-bond acceptors (Lipinski definition) is 6. The first-order valence-corrected chi connectivity index (χ1v) is 12.3. The van der Waals surface area contributed by atoms with E-state index in [-0.39, 0.29) is 8.76 Å². The van der Waals surface area contributed by atoms with Crippen LogP contribution in [0.4, 0.5) is 5.69 Å². The Morgan fingerprint density at radius 3 is 2.24 bits per heavy atom. The Morgan fingerprint density at radius 2 is 1.68 bits per heavy atom. The molecule has 0 aromatic heterocycles. The average molecular weight is 486 g/mol. The number of benzene rings is 3. The number of nitrogens with one attached hydrogen (secondary N) is 1. The highest BCUT2D eigenvalue weighted by molar-refractivity contribution is 7.78. The van der Waals surface area contributed by atoms with Crippen LogP contribution in [0.25, 0.3) is 11.1 Å². The molecular formula is C26H33N2O5S-. The number of nitrogens with two attached hydrogens (primary N) is 1. The molecule has 0 spiro atoms. The minimum absolute atomic E-state index is 0. The van der Waals surface area contributed by atoms with Crippen molar-refractivity contribution in [3.05, 3.63) is 77.9 Å². The second kappa shape index (κ2) is 11.3. The Morgan fingerprint density at radius 1 is 1.03 bits per heavy atom. The van der Waals surface area contributed by atoms with Gasteiger partial charge in [-0.1, -0.05) is 53.5 Å². The number of carbonyl (C=O) groups is 1. The van der Waals surface area contributed by atoms with Crippen molar-refractivity contribution >= 4 is 22.7 Å². The van der Waals surface area contributed by atoms with Crippen LogP contribution in [0, 0.1) is 0 Å². The Labute approximate surface area is 205 Å². The molecule has 0 aliphatic heterocycles. The maximum Gasteiger partial charge on any atom is 0.235 e. The Balaban J connectivity index is 0.00000101. The van der Waals surface area contributed by atoms with Gasteiger partial charge in [-0.25, -0.2) is 0 Å². The lowest BCUT2D eigenvalue weighted by Crippen LogP contribution is -2.27. The maximum atomic E-state index is 13.2. The van der Waals surface area contributed by atoms with Crippen molar-refractivity contribution in [2.75, 3.05) is 25.8 Å². The topological polar surface area (TPSA) is 114 Å². The molecule has 8 heteroatoms. The van der Waals surface area contributed by atoms with E-state index < -0.39 is 16.5 Å². The summed E-state index contributed by atoms with van der Waals surface area (Å²) in [5, 5.41) is 3.11. The zero-order valence-corrected chi connectivity index (χ0v) is 20.3. The third-order valence-electron chi connectivity index (χ3n) is 5.76. The van der Waals surface area contributed by atoms with Crippen LogP contribution < -0.4 is 20.5 Å². The van der Waals surface area contributed by atoms with Gasteiger partial charge in [0.25, 0.3) is 0 Å². The Kier molecular flexibility index (Phi) is 8.44. The summed E-state index contributed by atoms with van der Waals surface area (Å²) < 4.78 is 28.7. The van der Waals surface area contributed by atoms with Crippen LogP contribution in [0.2, 0.25) is 0 Å². The maximum absolute atomic E-state index is 13.2. The molecule has 1 amide bonds. The predicted octanol–water partition coefficient (Wildman–Crippen LogP) is 4.49. The number of methoxy groups -OCH3 is 2. The van der Waals surface area contributed by atoms with Gasteiger partial charge in [-0.15, -0.1) is 0 Å². The highest BCUT2D eigenvalue weighted by Crippen LogP contribution is 2.50. The van der Waals surface area contributed by atoms with Gasteiger partial charge in [0, 0.05) is 15.1 Å². The molecule has 4 rings (SSSR count). The minimum atomic E-state index is -1.86. The van der Waals surface area contributed by atoms with E-state index in [4.69, 9.17) is 24.0 Å². The molecule has 3 aromatic rings. The monoisotopic (exact) mass is 485 g/mol. The van der Waals surface area contributed by atoms with Gasteiger partial charge in [0.15, 0.2) is 11.5 Å². The standard InChI is InChI=1S/C25H26N2O3.CH4O2S.2H2/c1-29-22-11-10-20(15-23(22)30-2)25(12-13-25)24(28)27-21-5-3-4-19(14-21)18-8-6-17(16-26)7-9-18;1-4(2)3;;/h3-11,14-15H,12-13,16,26H2,1-2H3,(H,27,28);1H3,(H,2,3);2*1H/p-1. The first-order chi connectivity index (χ1) is 16.3. The van der Waals surface area contributed by atoms with Crippen LogP contribution in [0.5, 0.6) is 11.5 Å². The molecular weight excluding hydrogens is 452 g/mol. The summed E-state index contributed by atoms with van der Waals surface area (Å²) in [7, 11) is 3.21. The average Bonchev–Trinajstić information content (AvgIpc) is 3.66. The number of carbonyl (C=O) groups excluding carboxylic acids is 1. The van der Waals surface area contributed by atoms with Crippen molar-refractivity contribution in [1.82, 2.24) is 0 Å². The predicted molar refractivity (Wildman–Crippen MR) is 138 cm³/mol. The van der Waals surface area contributed by atoms with Gasteiger partial charge in [-0.05, 0) is 65.6 Å². The molecule has 0 saturated heterocycles. The molecule has 0 heterocycles. The highest BCUT2D eigenvalue weighted by Gasteiger charge is 2.51. The van der Waals surface area contributed by atoms with Gasteiger partial charge in [0.05, 0.1) is 19.6 Å². The van der Waals surface area contributed by atoms with Crippen molar-refractivity contribution in [3.63, 3.8) is 0 Å². The molecule has 3 aromatic carbocycles. The summed E-state index contributed by atoms with van der Waals surface area (Å²) in [5.41, 5.74) is 10.1. The molecule has 1 fully saturated rings. The van der Waals surface area contributed by atoms with E-state index in [1.165, 1.54) is 0 Å². The van der Waals surface area contributed by atoms with Crippen molar-refractivity contribution < 1.29 is 25.9 Å². The summed E-state index contributed by atoms with van der Waals surface area (Å²) >= 11 is -1.86. The van der Waals surface area contributed by atoms with E-state index in [0.29, 0.717) is 18.0 Å². The van der Waals surface area contributed by atoms with E-state index in [0.717, 1.165) is 47.0 Å². The van der Waals surface area contributed by atoms with Gasteiger partial charge < -0.3 is 25.1 Å². The van der Waals surface area contributed by atoms with Gasteiger partial charge in [-0.2, -0.15) is 0 Å². The van der Waals surface area contributed by atoms with Crippen LogP contribution in [-0.2, 0) is 27.8 Å². The zero-order chi connectivity index (χ0) is 24.7. The smallest absolute Gasteiger partial charge is 0.235 e. The molecule has 184 valence electrons. The minimum Gasteiger partial charge on any atom is -0.773 e. The zero-order valence-electron chi connectivity index (χ0n) is 19.5. The van der Waals surface area contributed by atoms with E-state index in [1.54, 1.807) is 14.2 Å². The van der Waals surface area contributed by atoms with E-state index in [9.17, 15) is 4.79 Å². The second-order valence-corrected chi connectivity index (χ2v) is 8.79. The summed E-state index contributed by atoms with van der Waals surface area (Å²) in [6, 6.07) is 21.8. The number of hydrogen-bond donors (Lipinski definition) is 2. The molecule has 1 atom stereocenters. The van der Waals surface area contributed by atoms with Crippen molar-refractivity contribution in [1.29, 1.82) is 0 Å². The third-order valence-corrected chi connectivity index (χ3v) is 5.76. The van der Waals surface area contributed by atoms with Gasteiger partial charge >= 0.3 is 0 Å². The lowest BCUT2D eigenvalue weighted by molar-refractivity contribution is -0.118. The molecule has 1 aliphatic carbocycles. The molecule has 0 radical (unpaired) electrons. The molecule has 3 N–H and O–H groups in total. The molecule has 1 aliphatic rings. The second-order valence-electron chi connectivity index (χ2n) is 7.99. The number of ether oxygens (including phenoxy) is 2. The normalized spacial score (nSPS) is 14.3. The molecule has 7 nitrogen and oxygen atoms in total. The van der Waals surface area contributed by atoms with E-state index in [2.05, 4.69) is 17.4 Å². The Hall–Kier alpha value is -3.20. The summed E-state index contributed by atoms with van der Waals surface area (Å²) in [4.78, 5) is 13.2. The van der Waals surface area contributed by atoms with Gasteiger partial charge in [-0.3, -0.25) is 9.00 Å². The van der Waals surface area contributed by atoms with Crippen LogP contribution in [0.15, 0.2) is 66.7 Å². The third kappa shape index (κ3) is 6.02. The van der Waals surface area contributed by atoms with Crippen LogP contribution in [-0.4, -0.2) is 35.1 Å². The fourth-order valence-corrected chi connectivity index (χ4v) is 3.77. The first kappa shape index (κ1) is 25.4. The summed E-state index contributed by atoms with van der Waals surface area (Å²) in [5.74, 6) is 1.30. The number of anilines is 1. The van der Waals surface area contributed by atoms with Crippen LogP contribution in [0.3, 0.4) is 0 Å². The van der Waals surface area contributed by atoms with Gasteiger partial charge in [0.1, 0.15) is 0 Å². The molecule has 0 bridgehead atoms. The molecule has 1 unspecified atom stereocenters. The van der Waals surface area contributed by atoms with Gasteiger partial charge in [0.2, 0.25) is 5.91 Å². The largest absolute Gasteiger partial charge is 0.773 e. The number of rotatable bonds is 7. The SMILES string of the molecule is COc1ccc(C2(C(=O)Nc3cccc(-c4ccc(CN)cc4)c3)CC2)cc1OC.CS(=O)[O-].[HH].[HH]. The van der Waals surface area contributed by atoms with Crippen molar-refractivity contribution in [2.24, 2.45) is 5.73 Å². The lowest BCUT2D eigenvalue weighted by Gasteiger charge is -2.18. The lowest BCUT2D eigenvalue weighted by atomic mass is 9.94. The molecule has 34 heavy (non-hydrogen) atoms. The van der Waals surface area contributed by atoms with Crippen molar-refractivity contribution in [3.8, 4) is 22.6 Å². The first-order valence-electron chi connectivity index (χ1n) is 10.8. The Bertz CT molecular complexity index is 1170. The van der Waals surface area contributed by atoms with Crippen LogP contribution in [0.1, 0.15) is 26.8 Å². The van der Waals surface area contributed by atoms with Crippen LogP contribution >= 0.6 is 0 Å². The van der Waals surface area contributed by atoms with E-state index >= 15 is 0 Å². The van der Waals surface area contributed by atoms with Crippen molar-refractivity contribution in [2.45, 2.75) is 24.8 Å². The fourth-order valence-electron chi connectivity index (χ4n) is 3.77. The molecule has 1 saturated carbocycles. The quantitative estimate of drug-likeness (QED) is 0.477. The highest BCUT2D eigenvalue weighted by atomic mass is 32.2. The fraction of sp³-hybridized carbons (Fsp3) is 0.269. The summed E-state index contributed by atoms with van der Waals surface area (Å²) in [6.07, 6.45) is 2.71.